The molecule has 0 saturated carbocycles. The molecule has 2 unspecified atom stereocenters. The van der Waals surface area contributed by atoms with E-state index >= 15 is 0 Å². The number of alkyl halides is 1. The molecule has 2 aromatic rings. The molecule has 0 aliphatic carbocycles. The number of rotatable bonds is 3. The predicted octanol–water partition coefficient (Wildman–Crippen LogP) is 5.11. The van der Waals surface area contributed by atoms with Gasteiger partial charge in [0.05, 0.1) is 5.02 Å². The average molecular weight is 329 g/mol. The fraction of sp³-hybridized carbons (Fsp3) is 0.214. The molecule has 2 rings (SSSR count). The Morgan fingerprint density at radius 3 is 2.67 bits per heavy atom. The summed E-state index contributed by atoms with van der Waals surface area (Å²) in [5, 5.41) is 0.169. The molecule has 1 heterocycles. The Morgan fingerprint density at radius 1 is 1.22 bits per heavy atom. The van der Waals surface area contributed by atoms with Crippen molar-refractivity contribution in [1.82, 2.24) is 4.98 Å². The van der Waals surface area contributed by atoms with Crippen LogP contribution < -0.4 is 0 Å². The van der Waals surface area contributed by atoms with Crippen molar-refractivity contribution >= 4 is 27.5 Å². The summed E-state index contributed by atoms with van der Waals surface area (Å²) in [5.41, 5.74) is 1.69. The van der Waals surface area contributed by atoms with Crippen LogP contribution in [0, 0.1) is 5.82 Å². The first-order chi connectivity index (χ1) is 8.61. The summed E-state index contributed by atoms with van der Waals surface area (Å²) in [6.07, 6.45) is 1.75. The number of hydrogen-bond donors (Lipinski definition) is 0. The summed E-state index contributed by atoms with van der Waals surface area (Å²) in [5.74, 6) is -0.294. The van der Waals surface area contributed by atoms with E-state index in [1.165, 1.54) is 6.07 Å². The van der Waals surface area contributed by atoms with Gasteiger partial charge in [-0.1, -0.05) is 52.7 Å². The fourth-order valence-corrected chi connectivity index (χ4v) is 2.83. The molecular weight excluding hydrogens is 317 g/mol. The van der Waals surface area contributed by atoms with Crippen LogP contribution in [0.15, 0.2) is 42.6 Å². The monoisotopic (exact) mass is 327 g/mol. The van der Waals surface area contributed by atoms with Crippen molar-refractivity contribution in [1.29, 1.82) is 0 Å². The molecule has 0 saturated heterocycles. The highest BCUT2D eigenvalue weighted by Crippen LogP contribution is 2.40. The second-order valence-electron chi connectivity index (χ2n) is 4.09. The third-order valence-electron chi connectivity index (χ3n) is 2.87. The fourth-order valence-electron chi connectivity index (χ4n) is 1.80. The summed E-state index contributed by atoms with van der Waals surface area (Å²) in [7, 11) is 0. The van der Waals surface area contributed by atoms with Crippen molar-refractivity contribution in [2.75, 3.05) is 0 Å². The molecule has 1 aromatic carbocycles. The van der Waals surface area contributed by atoms with Gasteiger partial charge in [0.15, 0.2) is 0 Å². The lowest BCUT2D eigenvalue weighted by Gasteiger charge is -2.19. The molecule has 0 N–H and O–H groups in total. The van der Waals surface area contributed by atoms with Gasteiger partial charge in [-0.2, -0.15) is 0 Å². The van der Waals surface area contributed by atoms with Crippen LogP contribution in [0.1, 0.15) is 28.9 Å². The maximum Gasteiger partial charge on any atom is 0.142 e. The summed E-state index contributed by atoms with van der Waals surface area (Å²) in [6.45, 7) is 2.03. The Morgan fingerprint density at radius 2 is 2.00 bits per heavy atom. The van der Waals surface area contributed by atoms with Gasteiger partial charge >= 0.3 is 0 Å². The number of halogens is 3. The second-order valence-corrected chi connectivity index (χ2v) is 5.45. The lowest BCUT2D eigenvalue weighted by atomic mass is 9.97. The third kappa shape index (κ3) is 2.73. The molecule has 0 aliphatic rings. The van der Waals surface area contributed by atoms with Crippen LogP contribution in [-0.4, -0.2) is 4.98 Å². The topological polar surface area (TPSA) is 12.9 Å². The van der Waals surface area contributed by atoms with Gasteiger partial charge in [-0.25, -0.2) is 4.39 Å². The standard InChI is InChI=1S/C14H12BrClFN/c1-9(12-7-2-3-8-18-12)13(15)10-5-4-6-11(17)14(10)16/h2-9,13H,1H3. The minimum atomic E-state index is -0.396. The van der Waals surface area contributed by atoms with Crippen molar-refractivity contribution < 1.29 is 4.39 Å². The summed E-state index contributed by atoms with van der Waals surface area (Å²) in [6, 6.07) is 10.6. The maximum absolute atomic E-state index is 13.4. The molecule has 0 bridgehead atoms. The SMILES string of the molecule is CC(c1ccccn1)C(Br)c1cccc(F)c1Cl. The predicted molar refractivity (Wildman–Crippen MR) is 75.7 cm³/mol. The van der Waals surface area contributed by atoms with Crippen LogP contribution in [0.2, 0.25) is 5.02 Å². The normalized spacial score (nSPS) is 14.2. The first-order valence-electron chi connectivity index (χ1n) is 5.60. The van der Waals surface area contributed by atoms with E-state index in [2.05, 4.69) is 20.9 Å². The molecule has 0 amide bonds. The smallest absolute Gasteiger partial charge is 0.142 e. The van der Waals surface area contributed by atoms with Gasteiger partial charge in [0.25, 0.3) is 0 Å². The van der Waals surface area contributed by atoms with Crippen LogP contribution in [-0.2, 0) is 0 Å². The third-order valence-corrected chi connectivity index (χ3v) is 4.56. The van der Waals surface area contributed by atoms with Crippen LogP contribution in [0.3, 0.4) is 0 Å². The van der Waals surface area contributed by atoms with Gasteiger partial charge in [-0.05, 0) is 23.8 Å². The van der Waals surface area contributed by atoms with Gasteiger partial charge in [-0.3, -0.25) is 4.98 Å². The number of pyridine rings is 1. The highest BCUT2D eigenvalue weighted by atomic mass is 79.9. The van der Waals surface area contributed by atoms with Gasteiger partial charge in [-0.15, -0.1) is 0 Å². The molecule has 94 valence electrons. The molecule has 18 heavy (non-hydrogen) atoms. The van der Waals surface area contributed by atoms with Gasteiger partial charge in [0.2, 0.25) is 0 Å². The highest BCUT2D eigenvalue weighted by Gasteiger charge is 2.22. The van der Waals surface area contributed by atoms with E-state index in [9.17, 15) is 4.39 Å². The quantitative estimate of drug-likeness (QED) is 0.713. The molecule has 0 fully saturated rings. The van der Waals surface area contributed by atoms with E-state index in [1.807, 2.05) is 31.2 Å². The van der Waals surface area contributed by atoms with E-state index in [0.717, 1.165) is 11.3 Å². The summed E-state index contributed by atoms with van der Waals surface area (Å²) >= 11 is 9.58. The molecule has 0 aliphatic heterocycles. The molecule has 4 heteroatoms. The van der Waals surface area contributed by atoms with Gasteiger partial charge in [0.1, 0.15) is 5.82 Å². The van der Waals surface area contributed by atoms with E-state index in [1.54, 1.807) is 12.3 Å². The van der Waals surface area contributed by atoms with E-state index < -0.39 is 5.82 Å². The Bertz CT molecular complexity index is 533. The minimum absolute atomic E-state index is 0.0735. The zero-order chi connectivity index (χ0) is 13.1. The Kier molecular flexibility index (Phi) is 4.36. The number of nitrogens with zero attached hydrogens (tertiary/aromatic N) is 1. The van der Waals surface area contributed by atoms with Crippen molar-refractivity contribution in [3.05, 3.63) is 64.7 Å². The van der Waals surface area contributed by atoms with Gasteiger partial charge < -0.3 is 0 Å². The van der Waals surface area contributed by atoms with Crippen molar-refractivity contribution in [2.45, 2.75) is 17.7 Å². The lowest BCUT2D eigenvalue weighted by Crippen LogP contribution is -2.05. The minimum Gasteiger partial charge on any atom is -0.261 e. The largest absolute Gasteiger partial charge is 0.261 e. The average Bonchev–Trinajstić information content (AvgIpc) is 2.41. The second kappa shape index (κ2) is 5.81. The summed E-state index contributed by atoms with van der Waals surface area (Å²) in [4.78, 5) is 4.24. The summed E-state index contributed by atoms with van der Waals surface area (Å²) < 4.78 is 13.4. The van der Waals surface area contributed by atoms with Crippen molar-refractivity contribution in [2.24, 2.45) is 0 Å². The van der Waals surface area contributed by atoms with Crippen LogP contribution in [0.5, 0.6) is 0 Å². The van der Waals surface area contributed by atoms with Gasteiger partial charge in [0, 0.05) is 22.6 Å². The molecule has 1 aromatic heterocycles. The van der Waals surface area contributed by atoms with Crippen LogP contribution in [0.4, 0.5) is 4.39 Å². The van der Waals surface area contributed by atoms with E-state index in [-0.39, 0.29) is 15.8 Å². The number of hydrogen-bond acceptors (Lipinski definition) is 1. The van der Waals surface area contributed by atoms with Crippen molar-refractivity contribution in [3.8, 4) is 0 Å². The van der Waals surface area contributed by atoms with E-state index in [0.29, 0.717) is 0 Å². The Hall–Kier alpha value is -0.930. The molecule has 1 nitrogen and oxygen atoms in total. The maximum atomic E-state index is 13.4. The zero-order valence-corrected chi connectivity index (χ0v) is 12.1. The molecule has 0 radical (unpaired) electrons. The lowest BCUT2D eigenvalue weighted by molar-refractivity contribution is 0.622. The Balaban J connectivity index is 2.31. The number of aromatic nitrogens is 1. The number of benzene rings is 1. The van der Waals surface area contributed by atoms with Crippen LogP contribution in [0.25, 0.3) is 0 Å². The van der Waals surface area contributed by atoms with Crippen molar-refractivity contribution in [3.63, 3.8) is 0 Å². The first-order valence-corrected chi connectivity index (χ1v) is 6.89. The molecule has 2 atom stereocenters. The highest BCUT2D eigenvalue weighted by molar-refractivity contribution is 9.09. The van der Waals surface area contributed by atoms with Crippen LogP contribution >= 0.6 is 27.5 Å². The Labute approximate surface area is 119 Å². The molecule has 0 spiro atoms. The molecular formula is C14H12BrClFN. The first kappa shape index (κ1) is 13.5. The zero-order valence-electron chi connectivity index (χ0n) is 9.78. The van der Waals surface area contributed by atoms with E-state index in [4.69, 9.17) is 11.6 Å².